The summed E-state index contributed by atoms with van der Waals surface area (Å²) < 4.78 is 87.6. The Kier molecular flexibility index (Phi) is 30.5. The summed E-state index contributed by atoms with van der Waals surface area (Å²) in [5.74, 6) is 13.7. The van der Waals surface area contributed by atoms with Gasteiger partial charge in [0.25, 0.3) is 0 Å². The molecule has 1 N–H and O–H groups in total. The van der Waals surface area contributed by atoms with Crippen molar-refractivity contribution in [2.75, 3.05) is 215 Å². The van der Waals surface area contributed by atoms with Gasteiger partial charge in [0.05, 0.1) is 185 Å². The number of likely N-dealkylation sites (N-methyl/N-ethyl adjacent to an activating group) is 5. The number of quaternary nitrogens is 5. The fraction of sp³-hybridized carbons (Fsp3) is 0.767. The lowest BCUT2D eigenvalue weighted by Gasteiger charge is -2.28. The molecule has 0 radical (unpaired) electrons. The van der Waals surface area contributed by atoms with Crippen LogP contribution < -0.4 is 0 Å². The highest BCUT2D eigenvalue weighted by atomic mass is 16.7. The lowest BCUT2D eigenvalue weighted by atomic mass is 10.0. The maximum absolute atomic E-state index is 12.2. The van der Waals surface area contributed by atoms with Crippen molar-refractivity contribution in [3.63, 3.8) is 0 Å². The summed E-state index contributed by atoms with van der Waals surface area (Å²) in [5, 5.41) is 9.64. The SMILES string of the molecule is C#CC[N+](C)(C)CC(=C)C(=O)O[C@@H]1CO[C@H]2[C@@H]1OC[C@@H]2C.C#CC[N+](C)(C)CC(=C)C(=O)O[C@H]1CO[C@H]2[C@@H]1OC[C@H]2O.C#CC[N+](C)(C)CC(=O)O[C@@H]1CO[C@H]2[C@@H]1OC[C@@H]2C.C#CC[N+](C)(C)CCO[C@@H]1CO[C@H]2[C@@H]1OC[C@@H]2C.C#CC[N+](C)(C)CCO[C@H]1CO[C@H]2[C@@H]1OC[C@H]2C. The third-order valence-corrected chi connectivity index (χ3v) is 18.8. The molecule has 10 aliphatic rings. The molecule has 10 heterocycles. The fourth-order valence-corrected chi connectivity index (χ4v) is 13.3. The van der Waals surface area contributed by atoms with E-state index in [9.17, 15) is 19.5 Å². The van der Waals surface area contributed by atoms with Crippen molar-refractivity contribution in [2.24, 2.45) is 23.7 Å². The van der Waals surface area contributed by atoms with E-state index >= 15 is 0 Å². The Morgan fingerprint density at radius 2 is 0.629 bits per heavy atom. The molecule has 0 aromatic heterocycles. The average molecular weight is 1370 g/mol. The molecule has 97 heavy (non-hydrogen) atoms. The molecule has 24 nitrogen and oxygen atoms in total. The molecule has 10 fully saturated rings. The van der Waals surface area contributed by atoms with Crippen molar-refractivity contribution < 1.29 is 113 Å². The Bertz CT molecular complexity index is 2680. The second kappa shape index (κ2) is 36.5. The maximum Gasteiger partial charge on any atom is 0.362 e. The number of carbonyl (C=O) groups is 3. The zero-order valence-electron chi connectivity index (χ0n) is 60.4. The van der Waals surface area contributed by atoms with Crippen LogP contribution in [-0.4, -0.2) is 358 Å². The summed E-state index contributed by atoms with van der Waals surface area (Å²) in [6.45, 7) is 28.9. The molecule has 20 atom stereocenters. The minimum absolute atomic E-state index is 0.0322. The highest BCUT2D eigenvalue weighted by Gasteiger charge is 2.52. The van der Waals surface area contributed by atoms with Gasteiger partial charge in [0.2, 0.25) is 0 Å². The second-order valence-electron chi connectivity index (χ2n) is 30.8. The molecular weight excluding hydrogens is 1250 g/mol. The molecule has 0 amide bonds. The van der Waals surface area contributed by atoms with Crippen LogP contribution in [-0.2, 0) is 85.4 Å². The molecule has 10 rings (SSSR count). The van der Waals surface area contributed by atoms with Crippen LogP contribution in [0.25, 0.3) is 0 Å². The van der Waals surface area contributed by atoms with Crippen LogP contribution in [0.2, 0.25) is 0 Å². The van der Waals surface area contributed by atoms with Crippen LogP contribution in [0.4, 0.5) is 0 Å². The Morgan fingerprint density at radius 1 is 0.371 bits per heavy atom. The Labute approximate surface area is 578 Å². The monoisotopic (exact) mass is 1370 g/mol. The largest absolute Gasteiger partial charge is 0.454 e. The topological polar surface area (TPSA) is 210 Å². The molecule has 0 unspecified atom stereocenters. The van der Waals surface area contributed by atoms with Gasteiger partial charge in [-0.1, -0.05) is 40.9 Å². The summed E-state index contributed by atoms with van der Waals surface area (Å²) in [6.07, 6.45) is 24.7. The van der Waals surface area contributed by atoms with Gasteiger partial charge in [0.15, 0.2) is 24.9 Å². The number of hydrogen-bond donors (Lipinski definition) is 1. The zero-order chi connectivity index (χ0) is 71.6. The van der Waals surface area contributed by atoms with Crippen molar-refractivity contribution in [1.82, 2.24) is 0 Å². The Balaban J connectivity index is 0.000000192. The highest BCUT2D eigenvalue weighted by Crippen LogP contribution is 2.36. The summed E-state index contributed by atoms with van der Waals surface area (Å²) in [7, 11) is 20.0. The quantitative estimate of drug-likeness (QED) is 0.0470. The number of terminal acetylenes is 5. The number of esters is 3. The van der Waals surface area contributed by atoms with Crippen LogP contribution in [0.3, 0.4) is 0 Å². The van der Waals surface area contributed by atoms with Crippen LogP contribution in [0.15, 0.2) is 24.3 Å². The Morgan fingerprint density at radius 3 is 0.969 bits per heavy atom. The first-order valence-electron chi connectivity index (χ1n) is 34.0. The number of nitrogens with zero attached hydrogens (tertiary/aromatic N) is 5. The van der Waals surface area contributed by atoms with Crippen LogP contribution >= 0.6 is 0 Å². The maximum atomic E-state index is 12.2. The average Bonchev–Trinajstić information content (AvgIpc) is 1.69. The number of aliphatic hydroxyl groups is 1. The molecule has 0 aromatic rings. The number of hydrogen-bond acceptors (Lipinski definition) is 19. The number of aliphatic hydroxyl groups excluding tert-OH is 1. The van der Waals surface area contributed by atoms with E-state index in [-0.39, 0.29) is 99.0 Å². The normalized spacial score (nSPS) is 33.4. The van der Waals surface area contributed by atoms with Gasteiger partial charge in [-0.15, -0.1) is 32.1 Å². The highest BCUT2D eigenvalue weighted by molar-refractivity contribution is 5.88. The van der Waals surface area contributed by atoms with Gasteiger partial charge in [-0.2, -0.15) is 0 Å². The molecule has 0 aromatic carbocycles. The lowest BCUT2D eigenvalue weighted by molar-refractivity contribution is -0.883. The fourth-order valence-electron chi connectivity index (χ4n) is 13.3. The van der Waals surface area contributed by atoms with Crippen molar-refractivity contribution in [3.8, 4) is 61.7 Å². The third kappa shape index (κ3) is 23.8. The van der Waals surface area contributed by atoms with E-state index in [0.717, 1.165) is 48.4 Å². The van der Waals surface area contributed by atoms with Gasteiger partial charge in [-0.3, -0.25) is 0 Å². The molecule has 0 saturated carbocycles. The van der Waals surface area contributed by atoms with Crippen molar-refractivity contribution in [1.29, 1.82) is 0 Å². The van der Waals surface area contributed by atoms with Crippen LogP contribution in [0.5, 0.6) is 0 Å². The molecule has 24 heteroatoms. The molecule has 10 saturated heterocycles. The van der Waals surface area contributed by atoms with Gasteiger partial charge >= 0.3 is 17.9 Å². The third-order valence-electron chi connectivity index (χ3n) is 18.8. The van der Waals surface area contributed by atoms with E-state index in [0.29, 0.717) is 134 Å². The Hall–Kier alpha value is -5.03. The van der Waals surface area contributed by atoms with E-state index in [4.69, 9.17) is 103 Å². The van der Waals surface area contributed by atoms with E-state index in [1.807, 2.05) is 42.3 Å². The van der Waals surface area contributed by atoms with Gasteiger partial charge < -0.3 is 98.6 Å². The summed E-state index contributed by atoms with van der Waals surface area (Å²) in [5.41, 5.74) is 0.780. The number of carbonyl (C=O) groups excluding carboxylic acids is 3. The molecule has 10 aliphatic heterocycles. The van der Waals surface area contributed by atoms with Gasteiger partial charge in [-0.05, 0) is 29.6 Å². The van der Waals surface area contributed by atoms with Gasteiger partial charge in [0, 0.05) is 23.7 Å². The lowest BCUT2D eigenvalue weighted by Crippen LogP contribution is -2.46. The number of ether oxygens (including phenoxy) is 15. The predicted molar refractivity (Wildman–Crippen MR) is 361 cm³/mol. The number of fused-ring (bicyclic) bond motifs is 5. The molecule has 0 bridgehead atoms. The minimum atomic E-state index is -0.659. The smallest absolute Gasteiger partial charge is 0.362 e. The summed E-state index contributed by atoms with van der Waals surface area (Å²) in [4.78, 5) is 36.2. The summed E-state index contributed by atoms with van der Waals surface area (Å²) >= 11 is 0. The van der Waals surface area contributed by atoms with Gasteiger partial charge in [-0.25, -0.2) is 14.4 Å². The second-order valence-corrected chi connectivity index (χ2v) is 30.8. The van der Waals surface area contributed by atoms with E-state index in [1.54, 1.807) is 0 Å². The van der Waals surface area contributed by atoms with Crippen molar-refractivity contribution in [2.45, 2.75) is 125 Å². The number of rotatable bonds is 24. The molecule has 0 aliphatic carbocycles. The van der Waals surface area contributed by atoms with E-state index < -0.39 is 36.4 Å². The van der Waals surface area contributed by atoms with Crippen LogP contribution in [0.1, 0.15) is 27.7 Å². The first-order valence-corrected chi connectivity index (χ1v) is 34.0. The standard InChI is InChI=1S/C16H24NO4.C15H22NO5.C14H22NO4.2C14H24NO3/c1-6-7-17(4,5)8-11(2)16(18)21-13-10-20-14-12(3)9-19-15(13)14;1-5-6-16(3,4)7-10(2)15(18)21-12-9-20-13-11(17)8-19-14(12)13;1-5-6-15(3,4)7-12(16)19-11-9-18-13-10(2)8-17-14(11)13;2*1-5-6-15(3,4)7-8-16-12-10-18-13-11(2)9-17-14(12)13/h1,12-15H,2,7-10H2,3-5H3;1,11-14,17H,2,6-9H2,3-4H3;1,10-11,13-14H,6-9H2,2-4H3;2*1,11-14H,6-10H2,2-4H3/q5*+1/t12-,13+,14+,15+;11-,12+,13-,14-;10-,11+,13+,14+;11-,12+,13+,14+;11-,12+,13-,14-/m01001/s1. The van der Waals surface area contributed by atoms with E-state index in [2.05, 4.69) is 98.6 Å². The molecule has 542 valence electrons. The predicted octanol–water partition coefficient (Wildman–Crippen LogP) is 0.991. The van der Waals surface area contributed by atoms with Gasteiger partial charge in [0.1, 0.15) is 114 Å². The minimum Gasteiger partial charge on any atom is -0.454 e. The first-order chi connectivity index (χ1) is 45.7. The van der Waals surface area contributed by atoms with Crippen LogP contribution in [0, 0.1) is 85.4 Å². The first kappa shape index (κ1) is 80.9. The molecular formula is C73H116N5O19+5. The van der Waals surface area contributed by atoms with Crippen molar-refractivity contribution >= 4 is 17.9 Å². The molecule has 0 spiro atoms. The van der Waals surface area contributed by atoms with Crippen molar-refractivity contribution in [3.05, 3.63) is 24.3 Å². The zero-order valence-corrected chi connectivity index (χ0v) is 60.4. The van der Waals surface area contributed by atoms with E-state index in [1.165, 1.54) is 0 Å². The summed E-state index contributed by atoms with van der Waals surface area (Å²) in [6, 6.07) is 0.